The van der Waals surface area contributed by atoms with E-state index in [4.69, 9.17) is 6.57 Å². The van der Waals surface area contributed by atoms with E-state index in [2.05, 4.69) is 30.7 Å². The third-order valence-corrected chi connectivity index (χ3v) is 1.98. The van der Waals surface area contributed by atoms with Crippen molar-refractivity contribution >= 4 is 27.5 Å². The van der Waals surface area contributed by atoms with Crippen molar-refractivity contribution in [3.05, 3.63) is 28.4 Å². The van der Waals surface area contributed by atoms with Crippen LogP contribution in [0.15, 0.2) is 17.0 Å². The predicted octanol–water partition coefficient (Wildman–Crippen LogP) is 1.98. The molecule has 0 aliphatic carbocycles. The third kappa shape index (κ3) is 0.763. The van der Waals surface area contributed by atoms with Crippen LogP contribution in [0.4, 0.5) is 5.82 Å². The smallest absolute Gasteiger partial charge is 0.287 e. The second-order valence-corrected chi connectivity index (χ2v) is 2.81. The summed E-state index contributed by atoms with van der Waals surface area (Å²) < 4.78 is 2.52. The first-order valence-corrected chi connectivity index (χ1v) is 3.70. The second-order valence-electron chi connectivity index (χ2n) is 2.00. The number of nitrogens with zero attached hydrogens (tertiary/aromatic N) is 3. The van der Waals surface area contributed by atoms with Gasteiger partial charge in [0.1, 0.15) is 0 Å². The molecule has 2 rings (SSSR count). The molecule has 0 fully saturated rings. The number of halogens is 1. The summed E-state index contributed by atoms with van der Waals surface area (Å²) in [5.74, 6) is 1.19. The molecule has 4 nitrogen and oxygen atoms in total. The Morgan fingerprint density at radius 1 is 1.73 bits per heavy atom. The number of hydrogen-bond donors (Lipinski definition) is 1. The number of nitrogens with one attached hydrogen (secondary N) is 1. The van der Waals surface area contributed by atoms with Crippen molar-refractivity contribution in [3.8, 4) is 0 Å². The first-order valence-electron chi connectivity index (χ1n) is 2.90. The van der Waals surface area contributed by atoms with E-state index in [1.807, 2.05) is 0 Å². The van der Waals surface area contributed by atoms with Crippen molar-refractivity contribution in [2.24, 2.45) is 0 Å². The number of hydrogen-bond acceptors (Lipinski definition) is 1. The van der Waals surface area contributed by atoms with Gasteiger partial charge in [-0.25, -0.2) is 9.38 Å². The molecule has 2 aromatic heterocycles. The maximum atomic E-state index is 6.81. The van der Waals surface area contributed by atoms with Crippen LogP contribution in [-0.4, -0.2) is 14.4 Å². The van der Waals surface area contributed by atoms with Gasteiger partial charge in [0, 0.05) is 0 Å². The molecule has 0 bridgehead atoms. The summed E-state index contributed by atoms with van der Waals surface area (Å²) in [4.78, 5) is 10.2. The van der Waals surface area contributed by atoms with Crippen molar-refractivity contribution in [1.82, 2.24) is 14.4 Å². The predicted molar refractivity (Wildman–Crippen MR) is 43.5 cm³/mol. The summed E-state index contributed by atoms with van der Waals surface area (Å²) in [5, 5.41) is 0. The zero-order chi connectivity index (χ0) is 7.84. The van der Waals surface area contributed by atoms with Gasteiger partial charge in [-0.15, -0.1) is 0 Å². The van der Waals surface area contributed by atoms with Gasteiger partial charge < -0.3 is 9.83 Å². The van der Waals surface area contributed by atoms with E-state index in [1.165, 1.54) is 6.20 Å². The van der Waals surface area contributed by atoms with Gasteiger partial charge in [-0.2, -0.15) is 0 Å². The number of aromatic nitrogens is 3. The van der Waals surface area contributed by atoms with Gasteiger partial charge in [0.25, 0.3) is 11.6 Å². The fourth-order valence-electron chi connectivity index (χ4n) is 0.923. The molecule has 2 aromatic rings. The largest absolute Gasteiger partial charge is 0.362 e. The first kappa shape index (κ1) is 6.43. The van der Waals surface area contributed by atoms with Gasteiger partial charge in [0.2, 0.25) is 0 Å². The second kappa shape index (κ2) is 2.10. The molecule has 0 saturated carbocycles. The number of H-pyrrole nitrogens is 1. The van der Waals surface area contributed by atoms with Crippen molar-refractivity contribution < 1.29 is 0 Å². The lowest BCUT2D eigenvalue weighted by Gasteiger charge is -1.83. The normalized spacial score (nSPS) is 10.2. The molecule has 11 heavy (non-hydrogen) atoms. The van der Waals surface area contributed by atoms with Gasteiger partial charge in [-0.3, -0.25) is 0 Å². The minimum absolute atomic E-state index is 0.508. The number of imidazole rings is 2. The lowest BCUT2D eigenvalue weighted by atomic mass is 10.7. The van der Waals surface area contributed by atoms with Crippen LogP contribution in [0.2, 0.25) is 0 Å². The zero-order valence-corrected chi connectivity index (χ0v) is 6.96. The summed E-state index contributed by atoms with van der Waals surface area (Å²) in [7, 11) is 0. The fraction of sp³-hybridized carbons (Fsp3) is 0. The van der Waals surface area contributed by atoms with E-state index in [-0.39, 0.29) is 0 Å². The van der Waals surface area contributed by atoms with Gasteiger partial charge in [0.15, 0.2) is 4.60 Å². The van der Waals surface area contributed by atoms with Crippen LogP contribution in [0.25, 0.3) is 10.6 Å². The standard InChI is InChI=1S/C6H3BrN4/c1-8-5-3-10-6-9-2-4(7)11(5)6/h2-3H,(H,9,10). The minimum atomic E-state index is 0.508. The van der Waals surface area contributed by atoms with Crippen LogP contribution < -0.4 is 0 Å². The lowest BCUT2D eigenvalue weighted by Crippen LogP contribution is -1.75. The molecule has 5 heteroatoms. The quantitative estimate of drug-likeness (QED) is 0.664. The molecular weight excluding hydrogens is 208 g/mol. The van der Waals surface area contributed by atoms with Crippen molar-refractivity contribution in [1.29, 1.82) is 0 Å². The molecule has 0 spiro atoms. The summed E-state index contributed by atoms with van der Waals surface area (Å²) >= 11 is 3.29. The molecule has 0 aliphatic heterocycles. The highest BCUT2D eigenvalue weighted by atomic mass is 79.9. The molecule has 0 unspecified atom stereocenters. The van der Waals surface area contributed by atoms with Crippen LogP contribution in [0.1, 0.15) is 0 Å². The molecule has 1 N–H and O–H groups in total. The van der Waals surface area contributed by atoms with E-state index >= 15 is 0 Å². The average Bonchev–Trinajstić information content (AvgIpc) is 2.54. The van der Waals surface area contributed by atoms with Crippen LogP contribution >= 0.6 is 15.9 Å². The highest BCUT2D eigenvalue weighted by molar-refractivity contribution is 9.10. The molecule has 0 radical (unpaired) electrons. The number of fused-ring (bicyclic) bond motifs is 1. The van der Waals surface area contributed by atoms with Crippen LogP contribution in [0.3, 0.4) is 0 Å². The Kier molecular flexibility index (Phi) is 1.23. The number of aromatic amines is 1. The van der Waals surface area contributed by atoms with E-state index in [0.717, 1.165) is 4.60 Å². The van der Waals surface area contributed by atoms with Crippen molar-refractivity contribution in [3.63, 3.8) is 0 Å². The molecule has 0 aromatic carbocycles. The van der Waals surface area contributed by atoms with Gasteiger partial charge in [-0.1, -0.05) is 6.57 Å². The monoisotopic (exact) mass is 210 g/mol. The van der Waals surface area contributed by atoms with E-state index in [0.29, 0.717) is 11.6 Å². The highest BCUT2D eigenvalue weighted by Crippen LogP contribution is 2.20. The van der Waals surface area contributed by atoms with Gasteiger partial charge >= 0.3 is 0 Å². The van der Waals surface area contributed by atoms with Crippen molar-refractivity contribution in [2.45, 2.75) is 0 Å². The van der Waals surface area contributed by atoms with Crippen molar-refractivity contribution in [2.75, 3.05) is 0 Å². The first-order chi connectivity index (χ1) is 5.33. The Bertz CT molecular complexity index is 433. The maximum Gasteiger partial charge on any atom is 0.287 e. The zero-order valence-electron chi connectivity index (χ0n) is 5.37. The Balaban J connectivity index is 2.94. The number of rotatable bonds is 0. The SMILES string of the molecule is [C-]#[N+]c1cnc2[nH]cc(Br)n12. The lowest BCUT2D eigenvalue weighted by molar-refractivity contribution is 1.19. The summed E-state index contributed by atoms with van der Waals surface area (Å²) in [6.07, 6.45) is 3.28. The van der Waals surface area contributed by atoms with Crippen LogP contribution in [0, 0.1) is 6.57 Å². The third-order valence-electron chi connectivity index (χ3n) is 1.39. The Morgan fingerprint density at radius 3 is 3.27 bits per heavy atom. The minimum Gasteiger partial charge on any atom is -0.362 e. The average molecular weight is 211 g/mol. The fourth-order valence-corrected chi connectivity index (χ4v) is 1.39. The molecule has 2 heterocycles. The molecule has 54 valence electrons. The van der Waals surface area contributed by atoms with Crippen LogP contribution in [-0.2, 0) is 0 Å². The summed E-state index contributed by atoms with van der Waals surface area (Å²) in [6, 6.07) is 0. The maximum absolute atomic E-state index is 6.81. The Hall–Kier alpha value is -1.28. The van der Waals surface area contributed by atoms with E-state index < -0.39 is 0 Å². The van der Waals surface area contributed by atoms with Gasteiger partial charge in [0.05, 0.1) is 12.4 Å². The molecular formula is C6H3BrN4. The molecule has 0 saturated heterocycles. The Morgan fingerprint density at radius 2 is 2.55 bits per heavy atom. The highest BCUT2D eigenvalue weighted by Gasteiger charge is 2.08. The molecule has 0 atom stereocenters. The topological polar surface area (TPSA) is 37.5 Å². The van der Waals surface area contributed by atoms with E-state index in [1.54, 1.807) is 10.6 Å². The molecule has 0 amide bonds. The van der Waals surface area contributed by atoms with Crippen LogP contribution in [0.5, 0.6) is 0 Å². The Labute approximate surface area is 70.8 Å². The summed E-state index contributed by atoms with van der Waals surface area (Å²) in [6.45, 7) is 6.81. The van der Waals surface area contributed by atoms with Gasteiger partial charge in [-0.05, 0) is 15.9 Å². The van der Waals surface area contributed by atoms with E-state index in [9.17, 15) is 0 Å². The summed E-state index contributed by atoms with van der Waals surface area (Å²) in [5.41, 5.74) is 0. The molecule has 0 aliphatic rings.